The van der Waals surface area contributed by atoms with E-state index < -0.39 is 28.4 Å². The Balaban J connectivity index is 2.12. The van der Waals surface area contributed by atoms with Crippen molar-refractivity contribution in [2.45, 2.75) is 29.5 Å². The molecule has 0 bridgehead atoms. The summed E-state index contributed by atoms with van der Waals surface area (Å²) in [5.41, 5.74) is -0.577. The van der Waals surface area contributed by atoms with E-state index in [1.807, 2.05) is 0 Å². The van der Waals surface area contributed by atoms with E-state index in [2.05, 4.69) is 4.98 Å². The van der Waals surface area contributed by atoms with Crippen LogP contribution >= 0.6 is 23.1 Å². The molecule has 0 saturated heterocycles. The van der Waals surface area contributed by atoms with Crippen molar-refractivity contribution in [3.8, 4) is 0 Å². The van der Waals surface area contributed by atoms with Gasteiger partial charge in [0.15, 0.2) is 5.78 Å². The average Bonchev–Trinajstić information content (AvgIpc) is 2.88. The van der Waals surface area contributed by atoms with Crippen molar-refractivity contribution in [2.24, 2.45) is 5.92 Å². The molecular weight excluding hydrogens is 353 g/mol. The molecule has 1 aliphatic rings. The van der Waals surface area contributed by atoms with Crippen LogP contribution in [0.3, 0.4) is 0 Å². The van der Waals surface area contributed by atoms with Gasteiger partial charge in [0.1, 0.15) is 11.1 Å². The quantitative estimate of drug-likeness (QED) is 0.815. The minimum Gasteiger partial charge on any atom is -0.480 e. The molecule has 5 nitrogen and oxygen atoms in total. The Hall–Kier alpha value is -1.93. The number of carbonyl (C=O) groups is 2. The molecule has 0 saturated carbocycles. The van der Waals surface area contributed by atoms with Gasteiger partial charge in [0.05, 0.1) is 10.9 Å². The third-order valence-corrected chi connectivity index (χ3v) is 6.80. The number of carbonyl (C=O) groups excluding carboxylic acids is 1. The van der Waals surface area contributed by atoms with Crippen LogP contribution in [0.5, 0.6) is 0 Å². The number of fused-ring (bicyclic) bond motifs is 1. The van der Waals surface area contributed by atoms with Crippen molar-refractivity contribution in [3.63, 3.8) is 0 Å². The Morgan fingerprint density at radius 3 is 2.46 bits per heavy atom. The number of aromatic amines is 1. The van der Waals surface area contributed by atoms with E-state index in [1.165, 1.54) is 24.3 Å². The van der Waals surface area contributed by atoms with Crippen LogP contribution in [-0.2, 0) is 10.2 Å². The van der Waals surface area contributed by atoms with Gasteiger partial charge >= 0.3 is 10.8 Å². The number of H-pyrrole nitrogens is 1. The van der Waals surface area contributed by atoms with E-state index in [4.69, 9.17) is 0 Å². The number of aromatic nitrogens is 1. The van der Waals surface area contributed by atoms with Crippen LogP contribution in [0.1, 0.15) is 29.1 Å². The summed E-state index contributed by atoms with van der Waals surface area (Å²) in [4.78, 5) is 39.4. The lowest BCUT2D eigenvalue weighted by atomic mass is 9.71. The first-order valence-corrected chi connectivity index (χ1v) is 8.84. The number of carboxylic acids is 1. The molecule has 0 amide bonds. The third kappa shape index (κ3) is 2.69. The van der Waals surface area contributed by atoms with Gasteiger partial charge in [-0.1, -0.05) is 36.9 Å². The summed E-state index contributed by atoms with van der Waals surface area (Å²) < 4.78 is 13.1. The van der Waals surface area contributed by atoms with Crippen LogP contribution in [0.2, 0.25) is 0 Å². The number of rotatable bonds is 3. The molecule has 2 N–H and O–H groups in total. The van der Waals surface area contributed by atoms with Crippen molar-refractivity contribution in [1.82, 2.24) is 4.98 Å². The summed E-state index contributed by atoms with van der Waals surface area (Å²) in [5.74, 6) is -2.83. The molecule has 0 aliphatic carbocycles. The standard InChI is InChI=1S/C16H14FNO4S2/c1-16(2)9(10(19)7-3-5-8(17)6-4-7)11(14(20)21)23-13-12(16)24-15(22)18-13/h3-6,9,11H,1-2H3,(H,18,22)(H,20,21)/t9-,11-/m0/s1. The van der Waals surface area contributed by atoms with E-state index in [0.29, 0.717) is 9.90 Å². The molecule has 1 aliphatic heterocycles. The molecule has 2 heterocycles. The van der Waals surface area contributed by atoms with E-state index in [1.54, 1.807) is 13.8 Å². The van der Waals surface area contributed by atoms with Crippen LogP contribution < -0.4 is 4.87 Å². The van der Waals surface area contributed by atoms with Crippen molar-refractivity contribution < 1.29 is 19.1 Å². The molecule has 1 aromatic heterocycles. The highest BCUT2D eigenvalue weighted by Gasteiger charge is 2.51. The number of halogens is 1. The number of nitrogens with one attached hydrogen (secondary N) is 1. The van der Waals surface area contributed by atoms with Crippen LogP contribution in [0.4, 0.5) is 4.39 Å². The predicted octanol–water partition coefficient (Wildman–Crippen LogP) is 2.91. The molecule has 8 heteroatoms. The fourth-order valence-electron chi connectivity index (χ4n) is 2.99. The van der Waals surface area contributed by atoms with Gasteiger partial charge in [-0.3, -0.25) is 14.4 Å². The number of ketones is 1. The zero-order valence-corrected chi connectivity index (χ0v) is 14.5. The minimum atomic E-state index is -1.12. The van der Waals surface area contributed by atoms with Gasteiger partial charge in [-0.25, -0.2) is 4.39 Å². The van der Waals surface area contributed by atoms with Crippen molar-refractivity contribution in [3.05, 3.63) is 50.2 Å². The largest absolute Gasteiger partial charge is 0.480 e. The van der Waals surface area contributed by atoms with E-state index in [9.17, 15) is 23.9 Å². The third-order valence-electron chi connectivity index (χ3n) is 4.18. The fourth-order valence-corrected chi connectivity index (χ4v) is 5.67. The Bertz CT molecular complexity index is 869. The normalized spacial score (nSPS) is 22.0. The summed E-state index contributed by atoms with van der Waals surface area (Å²) in [6.07, 6.45) is 0. The zero-order valence-electron chi connectivity index (χ0n) is 12.8. The van der Waals surface area contributed by atoms with Crippen LogP contribution in [-0.4, -0.2) is 27.1 Å². The van der Waals surface area contributed by atoms with Gasteiger partial charge in [0.25, 0.3) is 0 Å². The highest BCUT2D eigenvalue weighted by atomic mass is 32.2. The lowest BCUT2D eigenvalue weighted by molar-refractivity contribution is -0.137. The number of hydrogen-bond donors (Lipinski definition) is 2. The maximum Gasteiger partial charge on any atom is 0.317 e. The lowest BCUT2D eigenvalue weighted by Gasteiger charge is -2.40. The van der Waals surface area contributed by atoms with Crippen molar-refractivity contribution in [1.29, 1.82) is 0 Å². The summed E-state index contributed by atoms with van der Waals surface area (Å²) in [5, 5.41) is 9.06. The first-order chi connectivity index (χ1) is 11.2. The number of carboxylic acid groups (broad SMARTS) is 1. The minimum absolute atomic E-state index is 0.257. The molecular formula is C16H14FNO4S2. The number of hydrogen-bond acceptors (Lipinski definition) is 5. The number of thiazole rings is 1. The maximum atomic E-state index is 13.1. The molecule has 2 aromatic rings. The molecule has 126 valence electrons. The maximum absolute atomic E-state index is 13.1. The summed E-state index contributed by atoms with van der Waals surface area (Å²) in [6, 6.07) is 5.05. The summed E-state index contributed by atoms with van der Waals surface area (Å²) >= 11 is 1.98. The van der Waals surface area contributed by atoms with Gasteiger partial charge < -0.3 is 10.1 Å². The Morgan fingerprint density at radius 1 is 1.25 bits per heavy atom. The van der Waals surface area contributed by atoms with Gasteiger partial charge in [0.2, 0.25) is 0 Å². The van der Waals surface area contributed by atoms with Gasteiger partial charge in [0, 0.05) is 15.9 Å². The van der Waals surface area contributed by atoms with Crippen LogP contribution in [0.15, 0.2) is 34.1 Å². The van der Waals surface area contributed by atoms with Crippen molar-refractivity contribution in [2.75, 3.05) is 0 Å². The summed E-state index contributed by atoms with van der Waals surface area (Å²) in [7, 11) is 0. The van der Waals surface area contributed by atoms with Gasteiger partial charge in [-0.05, 0) is 24.3 Å². The molecule has 2 atom stereocenters. The molecule has 0 unspecified atom stereocenters. The SMILES string of the molecule is CC1(C)c2sc(=O)[nH]c2S[C@H](C(=O)O)[C@@H]1C(=O)c1ccc(F)cc1. The molecule has 3 rings (SSSR count). The molecule has 24 heavy (non-hydrogen) atoms. The Labute approximate surface area is 144 Å². The second-order valence-electron chi connectivity index (χ2n) is 6.12. The Kier molecular flexibility index (Phi) is 4.13. The number of aliphatic carboxylic acids is 1. The Morgan fingerprint density at radius 2 is 1.88 bits per heavy atom. The highest BCUT2D eigenvalue weighted by Crippen LogP contribution is 2.50. The first kappa shape index (κ1) is 16.9. The summed E-state index contributed by atoms with van der Waals surface area (Å²) in [6.45, 7) is 3.52. The monoisotopic (exact) mass is 367 g/mol. The van der Waals surface area contributed by atoms with Gasteiger partial charge in [-0.2, -0.15) is 0 Å². The lowest BCUT2D eigenvalue weighted by Crippen LogP contribution is -2.47. The second kappa shape index (κ2) is 5.86. The zero-order chi connectivity index (χ0) is 17.6. The van der Waals surface area contributed by atoms with E-state index in [0.717, 1.165) is 23.1 Å². The average molecular weight is 367 g/mol. The first-order valence-electron chi connectivity index (χ1n) is 7.14. The smallest absolute Gasteiger partial charge is 0.317 e. The molecule has 1 aromatic carbocycles. The molecule has 0 fully saturated rings. The topological polar surface area (TPSA) is 87.2 Å². The van der Waals surface area contributed by atoms with Crippen molar-refractivity contribution >= 4 is 34.9 Å². The van der Waals surface area contributed by atoms with E-state index >= 15 is 0 Å². The molecule has 0 spiro atoms. The highest BCUT2D eigenvalue weighted by molar-refractivity contribution is 8.00. The fraction of sp³-hybridized carbons (Fsp3) is 0.312. The van der Waals surface area contributed by atoms with Crippen LogP contribution in [0, 0.1) is 11.7 Å². The van der Waals surface area contributed by atoms with Gasteiger partial charge in [-0.15, -0.1) is 0 Å². The number of thioether (sulfide) groups is 1. The molecule has 0 radical (unpaired) electrons. The predicted molar refractivity (Wildman–Crippen MR) is 89.5 cm³/mol. The number of benzene rings is 1. The second-order valence-corrected chi connectivity index (χ2v) is 8.25. The number of Topliss-reactive ketones (excluding diaryl/α,β-unsaturated/α-hetero) is 1. The van der Waals surface area contributed by atoms with Crippen LogP contribution in [0.25, 0.3) is 0 Å². The van der Waals surface area contributed by atoms with E-state index in [-0.39, 0.29) is 16.2 Å².